The number of amides is 2. The Bertz CT molecular complexity index is 1170. The first-order chi connectivity index (χ1) is 16.1. The van der Waals surface area contributed by atoms with Crippen molar-refractivity contribution in [1.82, 2.24) is 20.1 Å². The van der Waals surface area contributed by atoms with E-state index in [-0.39, 0.29) is 11.6 Å². The zero-order chi connectivity index (χ0) is 22.8. The number of hydrogen-bond donors (Lipinski definition) is 2. The lowest BCUT2D eigenvalue weighted by atomic mass is 9.99. The molecule has 3 heterocycles. The molecular formula is C25H27N5O3. The van der Waals surface area contributed by atoms with E-state index in [4.69, 9.17) is 4.98 Å². The van der Waals surface area contributed by atoms with Crippen LogP contribution in [0.2, 0.25) is 0 Å². The largest absolute Gasteiger partial charge is 0.478 e. The number of nitrogens with one attached hydrogen (secondary N) is 1. The summed E-state index contributed by atoms with van der Waals surface area (Å²) < 4.78 is 0. The maximum Gasteiger partial charge on any atom is 0.340 e. The van der Waals surface area contributed by atoms with Crippen molar-refractivity contribution in [3.8, 4) is 11.3 Å². The summed E-state index contributed by atoms with van der Waals surface area (Å²) in [6, 6.07) is 17.4. The molecule has 0 spiro atoms. The Morgan fingerprint density at radius 2 is 1.39 bits per heavy atom. The molecule has 8 heteroatoms. The quantitative estimate of drug-likeness (QED) is 0.645. The van der Waals surface area contributed by atoms with Gasteiger partial charge in [0.1, 0.15) is 11.4 Å². The van der Waals surface area contributed by atoms with Crippen LogP contribution in [0.3, 0.4) is 0 Å². The van der Waals surface area contributed by atoms with Crippen LogP contribution in [0, 0.1) is 0 Å². The van der Waals surface area contributed by atoms with Gasteiger partial charge in [-0.1, -0.05) is 54.6 Å². The van der Waals surface area contributed by atoms with E-state index in [9.17, 15) is 14.7 Å². The number of nitrogens with zero attached hydrogens (tertiary/aromatic N) is 4. The molecule has 2 amide bonds. The van der Waals surface area contributed by atoms with E-state index in [0.717, 1.165) is 42.8 Å². The number of carboxylic acid groups (broad SMARTS) is 1. The van der Waals surface area contributed by atoms with E-state index in [1.165, 1.54) is 0 Å². The molecule has 0 bridgehead atoms. The molecule has 0 radical (unpaired) electrons. The molecule has 2 saturated heterocycles. The van der Waals surface area contributed by atoms with Gasteiger partial charge in [-0.05, 0) is 0 Å². The Balaban J connectivity index is 1.48. The zero-order valence-corrected chi connectivity index (χ0v) is 18.4. The number of carbonyl (C=O) groups excluding carboxylic acids is 1. The molecule has 2 aromatic carbocycles. The fourth-order valence-electron chi connectivity index (χ4n) is 4.67. The molecule has 2 aliphatic heterocycles. The van der Waals surface area contributed by atoms with Gasteiger partial charge < -0.3 is 25.1 Å². The Morgan fingerprint density at radius 1 is 0.788 bits per heavy atom. The van der Waals surface area contributed by atoms with Crippen LogP contribution in [0.25, 0.3) is 22.0 Å². The summed E-state index contributed by atoms with van der Waals surface area (Å²) in [6.07, 6.45) is 0. The lowest BCUT2D eigenvalue weighted by Gasteiger charge is -2.39. The summed E-state index contributed by atoms with van der Waals surface area (Å²) >= 11 is 0. The van der Waals surface area contributed by atoms with E-state index in [1.54, 1.807) is 0 Å². The summed E-state index contributed by atoms with van der Waals surface area (Å²) in [5, 5.41) is 14.9. The number of benzene rings is 2. The first-order valence-corrected chi connectivity index (χ1v) is 11.3. The maximum atomic E-state index is 12.9. The first kappa shape index (κ1) is 21.2. The van der Waals surface area contributed by atoms with Crippen molar-refractivity contribution < 1.29 is 14.7 Å². The summed E-state index contributed by atoms with van der Waals surface area (Å²) in [4.78, 5) is 35.9. The van der Waals surface area contributed by atoms with Gasteiger partial charge in [0.2, 0.25) is 0 Å². The van der Waals surface area contributed by atoms with Crippen LogP contribution >= 0.6 is 0 Å². The van der Waals surface area contributed by atoms with Crippen molar-refractivity contribution in [2.45, 2.75) is 0 Å². The second-order valence-corrected chi connectivity index (χ2v) is 8.37. The van der Waals surface area contributed by atoms with Crippen LogP contribution in [-0.4, -0.2) is 84.2 Å². The number of pyridine rings is 1. The minimum absolute atomic E-state index is 0.0612. The van der Waals surface area contributed by atoms with Gasteiger partial charge in [-0.15, -0.1) is 0 Å². The van der Waals surface area contributed by atoms with Gasteiger partial charge in [0.05, 0.1) is 5.69 Å². The number of carboxylic acids is 1. The lowest BCUT2D eigenvalue weighted by molar-refractivity contribution is 0.0699. The Kier molecular flexibility index (Phi) is 5.83. The van der Waals surface area contributed by atoms with Crippen LogP contribution in [0.5, 0.6) is 0 Å². The summed E-state index contributed by atoms with van der Waals surface area (Å²) in [5.74, 6) is -0.526. The molecule has 2 aliphatic rings. The van der Waals surface area contributed by atoms with Crippen molar-refractivity contribution in [2.24, 2.45) is 0 Å². The normalized spacial score (nSPS) is 16.8. The van der Waals surface area contributed by atoms with Crippen molar-refractivity contribution in [1.29, 1.82) is 0 Å². The van der Waals surface area contributed by atoms with E-state index >= 15 is 0 Å². The molecule has 2 N–H and O–H groups in total. The summed E-state index contributed by atoms with van der Waals surface area (Å²) in [6.45, 7) is 5.22. The molecule has 0 unspecified atom stereocenters. The molecule has 1 aromatic heterocycles. The van der Waals surface area contributed by atoms with Gasteiger partial charge in [0.15, 0.2) is 0 Å². The van der Waals surface area contributed by atoms with Crippen molar-refractivity contribution in [2.75, 3.05) is 57.3 Å². The van der Waals surface area contributed by atoms with E-state index in [1.807, 2.05) is 69.3 Å². The zero-order valence-electron chi connectivity index (χ0n) is 18.4. The highest BCUT2D eigenvalue weighted by atomic mass is 16.4. The molecule has 0 saturated carbocycles. The van der Waals surface area contributed by atoms with Crippen molar-refractivity contribution in [3.05, 3.63) is 60.2 Å². The van der Waals surface area contributed by atoms with Crippen LogP contribution < -0.4 is 10.2 Å². The molecule has 5 rings (SSSR count). The maximum absolute atomic E-state index is 12.9. The van der Waals surface area contributed by atoms with Crippen LogP contribution in [0.4, 0.5) is 10.6 Å². The molecule has 170 valence electrons. The van der Waals surface area contributed by atoms with Gasteiger partial charge in [-0.25, -0.2) is 14.6 Å². The highest BCUT2D eigenvalue weighted by molar-refractivity contribution is 6.11. The SMILES string of the molecule is O=C(O)c1c(N2CCN(C(=O)N3CCNCC3)CC2)nc(-c2ccccc2)c2ccccc12. The van der Waals surface area contributed by atoms with Crippen LogP contribution in [0.15, 0.2) is 54.6 Å². The Morgan fingerprint density at radius 3 is 2.06 bits per heavy atom. The van der Waals surface area contributed by atoms with Gasteiger partial charge in [-0.3, -0.25) is 0 Å². The molecular weight excluding hydrogens is 418 g/mol. The molecule has 8 nitrogen and oxygen atoms in total. The van der Waals surface area contributed by atoms with Gasteiger partial charge >= 0.3 is 12.0 Å². The number of aromatic carboxylic acids is 1. The molecule has 2 fully saturated rings. The highest BCUT2D eigenvalue weighted by Crippen LogP contribution is 2.35. The second-order valence-electron chi connectivity index (χ2n) is 8.37. The van der Waals surface area contributed by atoms with E-state index < -0.39 is 5.97 Å². The number of urea groups is 1. The fourth-order valence-corrected chi connectivity index (χ4v) is 4.67. The Labute approximate surface area is 192 Å². The van der Waals surface area contributed by atoms with Gasteiger partial charge in [0.25, 0.3) is 0 Å². The minimum atomic E-state index is -0.993. The third-order valence-electron chi connectivity index (χ3n) is 6.39. The number of rotatable bonds is 3. The molecule has 0 aliphatic carbocycles. The smallest absolute Gasteiger partial charge is 0.340 e. The molecule has 0 atom stereocenters. The second kappa shape index (κ2) is 9.07. The number of piperazine rings is 2. The van der Waals surface area contributed by atoms with E-state index in [0.29, 0.717) is 37.4 Å². The fraction of sp³-hybridized carbons (Fsp3) is 0.320. The van der Waals surface area contributed by atoms with Crippen LogP contribution in [0.1, 0.15) is 10.4 Å². The number of fused-ring (bicyclic) bond motifs is 1. The Hall–Kier alpha value is -3.65. The summed E-state index contributed by atoms with van der Waals surface area (Å²) in [5.41, 5.74) is 1.93. The van der Waals surface area contributed by atoms with Crippen molar-refractivity contribution in [3.63, 3.8) is 0 Å². The number of aromatic nitrogens is 1. The molecule has 3 aromatic rings. The number of hydrogen-bond acceptors (Lipinski definition) is 5. The van der Waals surface area contributed by atoms with Crippen molar-refractivity contribution >= 4 is 28.6 Å². The predicted octanol–water partition coefficient (Wildman–Crippen LogP) is 2.75. The summed E-state index contributed by atoms with van der Waals surface area (Å²) in [7, 11) is 0. The average Bonchev–Trinajstić information content (AvgIpc) is 2.88. The highest BCUT2D eigenvalue weighted by Gasteiger charge is 2.30. The van der Waals surface area contributed by atoms with Crippen LogP contribution in [-0.2, 0) is 0 Å². The van der Waals surface area contributed by atoms with Gasteiger partial charge in [0, 0.05) is 68.7 Å². The molecule has 33 heavy (non-hydrogen) atoms. The number of carbonyl (C=O) groups is 2. The number of anilines is 1. The monoisotopic (exact) mass is 445 g/mol. The van der Waals surface area contributed by atoms with E-state index in [2.05, 4.69) is 5.32 Å². The average molecular weight is 446 g/mol. The first-order valence-electron chi connectivity index (χ1n) is 11.3. The minimum Gasteiger partial charge on any atom is -0.478 e. The lowest BCUT2D eigenvalue weighted by Crippen LogP contribution is -2.56. The van der Waals surface area contributed by atoms with Gasteiger partial charge in [-0.2, -0.15) is 0 Å². The standard InChI is InChI=1S/C25H27N5O3/c31-24(32)21-19-8-4-5-9-20(19)22(18-6-2-1-3-7-18)27-23(21)28-14-16-30(17-15-28)25(33)29-12-10-26-11-13-29/h1-9,26H,10-17H2,(H,31,32). The third-order valence-corrected chi connectivity index (χ3v) is 6.39. The topological polar surface area (TPSA) is 89.0 Å². The third kappa shape index (κ3) is 4.09. The predicted molar refractivity (Wildman–Crippen MR) is 128 cm³/mol.